The monoisotopic (exact) mass is 204 g/mol. The maximum atomic E-state index is 10.9. The first kappa shape index (κ1) is 11.4. The van der Waals surface area contributed by atoms with E-state index < -0.39 is 0 Å². The molecule has 0 aromatic heterocycles. The standard InChI is InChI=1S/C9H16O5/c1-11-4-3-9-13-6-7(14-9)5-8(10)12-2/h7,9H,3-6H2,1-2H3. The van der Waals surface area contributed by atoms with Crippen molar-refractivity contribution in [2.45, 2.75) is 25.2 Å². The van der Waals surface area contributed by atoms with Crippen LogP contribution in [0.1, 0.15) is 12.8 Å². The van der Waals surface area contributed by atoms with Gasteiger partial charge in [-0.25, -0.2) is 0 Å². The van der Waals surface area contributed by atoms with Crippen molar-refractivity contribution in [3.05, 3.63) is 0 Å². The van der Waals surface area contributed by atoms with Gasteiger partial charge in [0.15, 0.2) is 6.29 Å². The summed E-state index contributed by atoms with van der Waals surface area (Å²) < 4.78 is 20.2. The Labute approximate surface area is 83.3 Å². The zero-order valence-corrected chi connectivity index (χ0v) is 8.52. The molecule has 0 N–H and O–H groups in total. The number of hydrogen-bond donors (Lipinski definition) is 0. The molecule has 0 saturated carbocycles. The van der Waals surface area contributed by atoms with Gasteiger partial charge in [0.25, 0.3) is 0 Å². The van der Waals surface area contributed by atoms with Crippen LogP contribution >= 0.6 is 0 Å². The number of esters is 1. The van der Waals surface area contributed by atoms with E-state index in [2.05, 4.69) is 4.74 Å². The van der Waals surface area contributed by atoms with E-state index in [1.54, 1.807) is 7.11 Å². The lowest BCUT2D eigenvalue weighted by Gasteiger charge is -2.09. The number of hydrogen-bond acceptors (Lipinski definition) is 5. The van der Waals surface area contributed by atoms with Crippen molar-refractivity contribution in [2.24, 2.45) is 0 Å². The lowest BCUT2D eigenvalue weighted by atomic mass is 10.3. The highest BCUT2D eigenvalue weighted by atomic mass is 16.7. The molecule has 82 valence electrons. The highest BCUT2D eigenvalue weighted by Gasteiger charge is 2.27. The van der Waals surface area contributed by atoms with E-state index in [1.807, 2.05) is 0 Å². The number of carbonyl (C=O) groups excluding carboxylic acids is 1. The van der Waals surface area contributed by atoms with Gasteiger partial charge in [-0.2, -0.15) is 0 Å². The lowest BCUT2D eigenvalue weighted by Crippen LogP contribution is -2.18. The van der Waals surface area contributed by atoms with E-state index in [1.165, 1.54) is 7.11 Å². The van der Waals surface area contributed by atoms with Crippen LogP contribution in [0.15, 0.2) is 0 Å². The third-order valence-electron chi connectivity index (χ3n) is 1.99. The van der Waals surface area contributed by atoms with Gasteiger partial charge >= 0.3 is 5.97 Å². The van der Waals surface area contributed by atoms with Crippen molar-refractivity contribution in [1.29, 1.82) is 0 Å². The molecule has 0 aromatic carbocycles. The maximum Gasteiger partial charge on any atom is 0.308 e. The Bertz CT molecular complexity index is 182. The fourth-order valence-electron chi connectivity index (χ4n) is 1.25. The Morgan fingerprint density at radius 2 is 2.29 bits per heavy atom. The normalized spacial score (nSPS) is 26.4. The first-order chi connectivity index (χ1) is 6.76. The summed E-state index contributed by atoms with van der Waals surface area (Å²) in [6.45, 7) is 1.04. The SMILES string of the molecule is COCCC1OCC(CC(=O)OC)O1. The second-order valence-electron chi connectivity index (χ2n) is 3.08. The van der Waals surface area contributed by atoms with Crippen molar-refractivity contribution >= 4 is 5.97 Å². The average molecular weight is 204 g/mol. The molecular formula is C9H16O5. The molecule has 5 heteroatoms. The van der Waals surface area contributed by atoms with Crippen molar-refractivity contribution < 1.29 is 23.7 Å². The van der Waals surface area contributed by atoms with Crippen LogP contribution in [0.5, 0.6) is 0 Å². The number of carbonyl (C=O) groups is 1. The largest absolute Gasteiger partial charge is 0.469 e. The molecule has 0 aliphatic carbocycles. The fraction of sp³-hybridized carbons (Fsp3) is 0.889. The molecule has 1 fully saturated rings. The van der Waals surface area contributed by atoms with E-state index in [4.69, 9.17) is 14.2 Å². The van der Waals surface area contributed by atoms with Crippen LogP contribution in [0.3, 0.4) is 0 Å². The Morgan fingerprint density at radius 1 is 1.50 bits per heavy atom. The van der Waals surface area contributed by atoms with Crippen molar-refractivity contribution in [3.63, 3.8) is 0 Å². The smallest absolute Gasteiger partial charge is 0.308 e. The predicted octanol–water partition coefficient (Wildman–Crippen LogP) is 0.327. The highest BCUT2D eigenvalue weighted by molar-refractivity contribution is 5.69. The quantitative estimate of drug-likeness (QED) is 0.604. The van der Waals surface area contributed by atoms with Crippen LogP contribution in [0.2, 0.25) is 0 Å². The summed E-state index contributed by atoms with van der Waals surface area (Å²) in [4.78, 5) is 10.9. The van der Waals surface area contributed by atoms with Gasteiger partial charge in [-0.1, -0.05) is 0 Å². The van der Waals surface area contributed by atoms with Crippen LogP contribution in [-0.2, 0) is 23.7 Å². The maximum absolute atomic E-state index is 10.9. The average Bonchev–Trinajstić information content (AvgIpc) is 2.62. The Balaban J connectivity index is 2.17. The molecular weight excluding hydrogens is 188 g/mol. The minimum Gasteiger partial charge on any atom is -0.469 e. The van der Waals surface area contributed by atoms with Crippen LogP contribution in [0, 0.1) is 0 Å². The van der Waals surface area contributed by atoms with Crippen LogP contribution in [0.25, 0.3) is 0 Å². The third-order valence-corrected chi connectivity index (χ3v) is 1.99. The first-order valence-corrected chi connectivity index (χ1v) is 4.59. The molecule has 5 nitrogen and oxygen atoms in total. The summed E-state index contributed by atoms with van der Waals surface area (Å²) in [7, 11) is 2.99. The topological polar surface area (TPSA) is 54.0 Å². The minimum atomic E-state index is -0.272. The molecule has 1 rings (SSSR count). The Morgan fingerprint density at radius 3 is 2.93 bits per heavy atom. The van der Waals surface area contributed by atoms with Gasteiger partial charge in [0.2, 0.25) is 0 Å². The second kappa shape index (κ2) is 5.95. The van der Waals surface area contributed by atoms with Gasteiger partial charge in [0.05, 0.1) is 32.8 Å². The second-order valence-corrected chi connectivity index (χ2v) is 3.08. The molecule has 0 bridgehead atoms. The fourth-order valence-corrected chi connectivity index (χ4v) is 1.25. The molecule has 0 radical (unpaired) electrons. The highest BCUT2D eigenvalue weighted by Crippen LogP contribution is 2.17. The number of methoxy groups -OCH3 is 2. The van der Waals surface area contributed by atoms with Gasteiger partial charge in [-0.3, -0.25) is 4.79 Å². The van der Waals surface area contributed by atoms with Gasteiger partial charge in [-0.05, 0) is 0 Å². The molecule has 0 spiro atoms. The van der Waals surface area contributed by atoms with Crippen LogP contribution in [0.4, 0.5) is 0 Å². The van der Waals surface area contributed by atoms with E-state index in [-0.39, 0.29) is 24.8 Å². The number of ether oxygens (including phenoxy) is 4. The summed E-state index contributed by atoms with van der Waals surface area (Å²) in [6.07, 6.45) is 0.516. The summed E-state index contributed by atoms with van der Waals surface area (Å²) >= 11 is 0. The molecule has 14 heavy (non-hydrogen) atoms. The van der Waals surface area contributed by atoms with E-state index in [9.17, 15) is 4.79 Å². The van der Waals surface area contributed by atoms with Crippen LogP contribution < -0.4 is 0 Å². The molecule has 1 aliphatic rings. The Hall–Kier alpha value is -0.650. The van der Waals surface area contributed by atoms with Gasteiger partial charge in [0.1, 0.15) is 0 Å². The molecule has 0 amide bonds. The summed E-state index contributed by atoms with van der Waals surface area (Å²) in [5.41, 5.74) is 0. The van der Waals surface area contributed by atoms with Crippen molar-refractivity contribution in [1.82, 2.24) is 0 Å². The first-order valence-electron chi connectivity index (χ1n) is 4.59. The Kier molecular flexibility index (Phi) is 4.86. The van der Waals surface area contributed by atoms with Gasteiger partial charge in [0, 0.05) is 13.5 Å². The molecule has 2 unspecified atom stereocenters. The van der Waals surface area contributed by atoms with Crippen LogP contribution in [-0.4, -0.2) is 45.8 Å². The van der Waals surface area contributed by atoms with Gasteiger partial charge in [-0.15, -0.1) is 0 Å². The summed E-state index contributed by atoms with van der Waals surface area (Å²) in [5.74, 6) is -0.272. The molecule has 1 aliphatic heterocycles. The molecule has 2 atom stereocenters. The third kappa shape index (κ3) is 3.61. The predicted molar refractivity (Wildman–Crippen MR) is 47.7 cm³/mol. The zero-order valence-electron chi connectivity index (χ0n) is 8.52. The van der Waals surface area contributed by atoms with E-state index >= 15 is 0 Å². The minimum absolute atomic E-state index is 0.177. The number of rotatable bonds is 5. The molecule has 0 aromatic rings. The molecule has 1 saturated heterocycles. The van der Waals surface area contributed by atoms with E-state index in [0.717, 1.165) is 0 Å². The zero-order chi connectivity index (χ0) is 10.4. The van der Waals surface area contributed by atoms with Crippen molar-refractivity contribution in [3.8, 4) is 0 Å². The van der Waals surface area contributed by atoms with E-state index in [0.29, 0.717) is 19.6 Å². The van der Waals surface area contributed by atoms with Crippen molar-refractivity contribution in [2.75, 3.05) is 27.4 Å². The summed E-state index contributed by atoms with van der Waals surface area (Å²) in [5, 5.41) is 0. The lowest BCUT2D eigenvalue weighted by molar-refractivity contribution is -0.144. The van der Waals surface area contributed by atoms with Gasteiger partial charge < -0.3 is 18.9 Å². The molecule has 1 heterocycles. The summed E-state index contributed by atoms with van der Waals surface area (Å²) in [6, 6.07) is 0.